The molecule has 0 radical (unpaired) electrons. The van der Waals surface area contributed by atoms with Gasteiger partial charge in [-0.3, -0.25) is 0 Å². The van der Waals surface area contributed by atoms with Crippen molar-refractivity contribution in [2.75, 3.05) is 0 Å². The molecule has 0 aliphatic rings. The molecule has 0 fully saturated rings. The highest BCUT2D eigenvalue weighted by molar-refractivity contribution is 4.81. The maximum atomic E-state index is 2.45. The Morgan fingerprint density at radius 3 is 1.21 bits per heavy atom. The van der Waals surface area contributed by atoms with Gasteiger partial charge in [-0.15, -0.1) is 0 Å². The second-order valence-electron chi connectivity index (χ2n) is 9.20. The third-order valence-corrected chi connectivity index (χ3v) is 6.42. The summed E-state index contributed by atoms with van der Waals surface area (Å²) in [5.74, 6) is 1.00. The summed E-state index contributed by atoms with van der Waals surface area (Å²) in [7, 11) is 0. The number of hydrogen-bond acceptors (Lipinski definition) is 0. The van der Waals surface area contributed by atoms with Crippen LogP contribution in [0, 0.1) is 5.92 Å². The molecule has 0 spiro atoms. The van der Waals surface area contributed by atoms with E-state index in [-0.39, 0.29) is 0 Å². The summed E-state index contributed by atoms with van der Waals surface area (Å²) >= 11 is 0. The first-order valence-corrected chi connectivity index (χ1v) is 13.5. The highest BCUT2D eigenvalue weighted by Gasteiger charge is 2.05. The normalized spacial score (nSPS) is 12.8. The van der Waals surface area contributed by atoms with E-state index in [1.807, 2.05) is 0 Å². The Morgan fingerprint density at radius 2 is 0.786 bits per heavy atom. The monoisotopic (exact) mass is 392 g/mol. The second-order valence-corrected chi connectivity index (χ2v) is 9.20. The van der Waals surface area contributed by atoms with Gasteiger partial charge >= 0.3 is 0 Å². The Bertz CT molecular complexity index is 290. The largest absolute Gasteiger partial charge is 0.0885 e. The Morgan fingerprint density at radius 1 is 0.429 bits per heavy atom. The fourth-order valence-corrected chi connectivity index (χ4v) is 4.27. The fraction of sp³-hybridized carbons (Fsp3) is 0.929. The van der Waals surface area contributed by atoms with Gasteiger partial charge in [0.25, 0.3) is 0 Å². The summed E-state index contributed by atoms with van der Waals surface area (Å²) in [6, 6.07) is 0. The summed E-state index contributed by atoms with van der Waals surface area (Å²) < 4.78 is 0. The molecule has 1 unspecified atom stereocenters. The van der Waals surface area contributed by atoms with Crippen LogP contribution in [0.15, 0.2) is 12.2 Å². The van der Waals surface area contributed by atoms with Crippen LogP contribution in [0.1, 0.15) is 162 Å². The predicted octanol–water partition coefficient (Wildman–Crippen LogP) is 10.8. The highest BCUT2D eigenvalue weighted by Crippen LogP contribution is 2.21. The van der Waals surface area contributed by atoms with Crippen LogP contribution < -0.4 is 0 Å². The Balaban J connectivity index is 3.29. The van der Waals surface area contributed by atoms with Crippen molar-refractivity contribution < 1.29 is 0 Å². The lowest BCUT2D eigenvalue weighted by molar-refractivity contribution is 0.395. The van der Waals surface area contributed by atoms with Crippen molar-refractivity contribution in [2.45, 2.75) is 162 Å². The van der Waals surface area contributed by atoms with Gasteiger partial charge < -0.3 is 0 Å². The molecule has 0 heterocycles. The fourth-order valence-electron chi connectivity index (χ4n) is 4.27. The molecular formula is C28H56. The zero-order valence-electron chi connectivity index (χ0n) is 20.3. The SMILES string of the molecule is CCCCCCCCCCCC=CCCCCCC(CC)CCCCCCC. The molecule has 0 rings (SSSR count). The second kappa shape index (κ2) is 24.8. The molecule has 0 heteroatoms. The molecule has 0 aliphatic carbocycles. The van der Waals surface area contributed by atoms with Crippen LogP contribution in [0.2, 0.25) is 0 Å². The summed E-state index contributed by atoms with van der Waals surface area (Å²) in [4.78, 5) is 0. The van der Waals surface area contributed by atoms with E-state index < -0.39 is 0 Å². The van der Waals surface area contributed by atoms with Gasteiger partial charge in [0.05, 0.1) is 0 Å². The lowest BCUT2D eigenvalue weighted by atomic mass is 9.92. The van der Waals surface area contributed by atoms with Crippen molar-refractivity contribution in [1.29, 1.82) is 0 Å². The third kappa shape index (κ3) is 22.0. The molecule has 28 heavy (non-hydrogen) atoms. The number of unbranched alkanes of at least 4 members (excludes halogenated alkanes) is 16. The molecule has 0 saturated carbocycles. The van der Waals surface area contributed by atoms with Crippen LogP contribution in [-0.4, -0.2) is 0 Å². The molecule has 0 N–H and O–H groups in total. The standard InChI is InChI=1S/C28H56/c1-4-7-9-11-12-13-14-15-16-17-18-19-20-21-23-25-27-28(6-3)26-24-22-10-8-5-2/h18-19,28H,4-17,20-27H2,1-3H3. The first-order valence-electron chi connectivity index (χ1n) is 13.5. The van der Waals surface area contributed by atoms with Crippen molar-refractivity contribution in [1.82, 2.24) is 0 Å². The van der Waals surface area contributed by atoms with E-state index in [9.17, 15) is 0 Å². The Hall–Kier alpha value is -0.260. The molecule has 0 aliphatic heterocycles. The minimum Gasteiger partial charge on any atom is -0.0885 e. The Kier molecular flexibility index (Phi) is 24.5. The topological polar surface area (TPSA) is 0 Å². The van der Waals surface area contributed by atoms with E-state index in [0.717, 1.165) is 5.92 Å². The first kappa shape index (κ1) is 27.7. The maximum Gasteiger partial charge on any atom is -0.0351 e. The number of hydrogen-bond donors (Lipinski definition) is 0. The van der Waals surface area contributed by atoms with Crippen LogP contribution in [0.5, 0.6) is 0 Å². The number of rotatable bonds is 23. The van der Waals surface area contributed by atoms with Crippen LogP contribution in [0.25, 0.3) is 0 Å². The van der Waals surface area contributed by atoms with Crippen LogP contribution in [0.4, 0.5) is 0 Å². The quantitative estimate of drug-likeness (QED) is 0.120. The van der Waals surface area contributed by atoms with E-state index in [0.29, 0.717) is 0 Å². The van der Waals surface area contributed by atoms with E-state index in [2.05, 4.69) is 32.9 Å². The van der Waals surface area contributed by atoms with Crippen molar-refractivity contribution in [2.24, 2.45) is 5.92 Å². The van der Waals surface area contributed by atoms with Crippen molar-refractivity contribution in [3.8, 4) is 0 Å². The molecular weight excluding hydrogens is 336 g/mol. The van der Waals surface area contributed by atoms with E-state index >= 15 is 0 Å². The van der Waals surface area contributed by atoms with E-state index in [1.165, 1.54) is 141 Å². The van der Waals surface area contributed by atoms with Gasteiger partial charge in [-0.1, -0.05) is 148 Å². The van der Waals surface area contributed by atoms with Gasteiger partial charge in [-0.05, 0) is 31.6 Å². The van der Waals surface area contributed by atoms with E-state index in [4.69, 9.17) is 0 Å². The predicted molar refractivity (Wildman–Crippen MR) is 131 cm³/mol. The average molecular weight is 393 g/mol. The van der Waals surface area contributed by atoms with Crippen LogP contribution in [0.3, 0.4) is 0 Å². The molecule has 0 saturated heterocycles. The van der Waals surface area contributed by atoms with Crippen molar-refractivity contribution >= 4 is 0 Å². The molecule has 0 aromatic carbocycles. The lowest BCUT2D eigenvalue weighted by Gasteiger charge is -2.14. The molecule has 168 valence electrons. The number of allylic oxidation sites excluding steroid dienone is 2. The van der Waals surface area contributed by atoms with Crippen LogP contribution in [-0.2, 0) is 0 Å². The molecule has 0 amide bonds. The summed E-state index contributed by atoms with van der Waals surface area (Å²) in [6.45, 7) is 7.00. The minimum atomic E-state index is 1.00. The van der Waals surface area contributed by atoms with Gasteiger partial charge in [-0.2, -0.15) is 0 Å². The lowest BCUT2D eigenvalue weighted by Crippen LogP contribution is -1.99. The van der Waals surface area contributed by atoms with Gasteiger partial charge in [0.15, 0.2) is 0 Å². The zero-order chi connectivity index (χ0) is 20.5. The van der Waals surface area contributed by atoms with Crippen LogP contribution >= 0.6 is 0 Å². The summed E-state index contributed by atoms with van der Waals surface area (Å²) in [5.41, 5.74) is 0. The van der Waals surface area contributed by atoms with Gasteiger partial charge in [0.2, 0.25) is 0 Å². The zero-order valence-corrected chi connectivity index (χ0v) is 20.3. The highest BCUT2D eigenvalue weighted by atomic mass is 14.1. The Labute approximate surface area is 180 Å². The minimum absolute atomic E-state index is 1.00. The molecule has 0 aromatic rings. The summed E-state index contributed by atoms with van der Waals surface area (Å²) in [6.07, 6.45) is 36.3. The van der Waals surface area contributed by atoms with Crippen molar-refractivity contribution in [3.63, 3.8) is 0 Å². The smallest absolute Gasteiger partial charge is 0.0351 e. The van der Waals surface area contributed by atoms with Gasteiger partial charge in [-0.25, -0.2) is 0 Å². The first-order chi connectivity index (χ1) is 13.8. The van der Waals surface area contributed by atoms with E-state index in [1.54, 1.807) is 0 Å². The van der Waals surface area contributed by atoms with Gasteiger partial charge in [0, 0.05) is 0 Å². The van der Waals surface area contributed by atoms with Gasteiger partial charge in [0.1, 0.15) is 0 Å². The maximum absolute atomic E-state index is 2.45. The summed E-state index contributed by atoms with van der Waals surface area (Å²) in [5, 5.41) is 0. The molecule has 0 aromatic heterocycles. The average Bonchev–Trinajstić information content (AvgIpc) is 2.71. The molecule has 1 atom stereocenters. The van der Waals surface area contributed by atoms with Crippen molar-refractivity contribution in [3.05, 3.63) is 12.2 Å². The molecule has 0 nitrogen and oxygen atoms in total. The third-order valence-electron chi connectivity index (χ3n) is 6.42. The molecule has 0 bridgehead atoms.